The summed E-state index contributed by atoms with van der Waals surface area (Å²) in [4.78, 5) is 30.4. The maximum Gasteiger partial charge on any atom is 0.265 e. The molecule has 0 N–H and O–H groups in total. The quantitative estimate of drug-likeness (QED) is 0.767. The molecule has 2 aromatic rings. The fourth-order valence-corrected chi connectivity index (χ4v) is 2.18. The number of methoxy groups -OCH3 is 1. The number of aromatic nitrogens is 2. The van der Waals surface area contributed by atoms with Crippen molar-refractivity contribution in [3.63, 3.8) is 0 Å². The molecule has 21 heavy (non-hydrogen) atoms. The van der Waals surface area contributed by atoms with Crippen molar-refractivity contribution in [2.75, 3.05) is 27.3 Å². The van der Waals surface area contributed by atoms with Gasteiger partial charge in [-0.3, -0.25) is 9.59 Å². The van der Waals surface area contributed by atoms with E-state index < -0.39 is 0 Å². The topological polar surface area (TPSA) is 77.6 Å². The normalized spacial score (nSPS) is 11.0. The van der Waals surface area contributed by atoms with Crippen LogP contribution >= 0.6 is 0 Å². The van der Waals surface area contributed by atoms with Gasteiger partial charge in [0.05, 0.1) is 5.56 Å². The Bertz CT molecular complexity index is 717. The van der Waals surface area contributed by atoms with E-state index in [4.69, 9.17) is 9.15 Å². The standard InChI is InChI=1S/C14H19N3O4/c1-9-10(13(18)16(2)6-5-7-20-4)11-12(21-9)15-8-17(3)14(11)19/h8H,5-7H2,1-4H3. The lowest BCUT2D eigenvalue weighted by molar-refractivity contribution is 0.0779. The molecule has 0 aromatic carbocycles. The number of carbonyl (C=O) groups is 1. The van der Waals surface area contributed by atoms with Crippen molar-refractivity contribution in [1.29, 1.82) is 0 Å². The molecule has 0 fully saturated rings. The van der Waals surface area contributed by atoms with E-state index in [2.05, 4.69) is 4.98 Å². The number of rotatable bonds is 5. The highest BCUT2D eigenvalue weighted by atomic mass is 16.5. The molecule has 0 aliphatic heterocycles. The van der Waals surface area contributed by atoms with Gasteiger partial charge >= 0.3 is 0 Å². The zero-order valence-corrected chi connectivity index (χ0v) is 12.7. The molecule has 2 aromatic heterocycles. The average Bonchev–Trinajstić information content (AvgIpc) is 2.79. The fourth-order valence-electron chi connectivity index (χ4n) is 2.18. The number of ether oxygens (including phenoxy) is 1. The second-order valence-electron chi connectivity index (χ2n) is 4.95. The Morgan fingerprint density at radius 1 is 1.52 bits per heavy atom. The summed E-state index contributed by atoms with van der Waals surface area (Å²) in [5.74, 6) is 0.164. The lowest BCUT2D eigenvalue weighted by Gasteiger charge is -2.16. The van der Waals surface area contributed by atoms with Crippen LogP contribution in [0.2, 0.25) is 0 Å². The zero-order valence-electron chi connectivity index (χ0n) is 12.7. The van der Waals surface area contributed by atoms with E-state index in [9.17, 15) is 9.59 Å². The predicted molar refractivity (Wildman–Crippen MR) is 77.4 cm³/mol. The summed E-state index contributed by atoms with van der Waals surface area (Å²) >= 11 is 0. The number of furan rings is 1. The number of carbonyl (C=O) groups excluding carboxylic acids is 1. The molecule has 0 aliphatic carbocycles. The van der Waals surface area contributed by atoms with Crippen LogP contribution in [0.4, 0.5) is 0 Å². The van der Waals surface area contributed by atoms with Crippen molar-refractivity contribution < 1.29 is 13.9 Å². The summed E-state index contributed by atoms with van der Waals surface area (Å²) in [6.45, 7) is 2.78. The molecule has 0 spiro atoms. The highest BCUT2D eigenvalue weighted by Gasteiger charge is 2.24. The summed E-state index contributed by atoms with van der Waals surface area (Å²) in [5, 5.41) is 0.237. The monoisotopic (exact) mass is 293 g/mol. The van der Waals surface area contributed by atoms with Crippen LogP contribution in [-0.4, -0.2) is 47.7 Å². The van der Waals surface area contributed by atoms with Crippen LogP contribution in [0.3, 0.4) is 0 Å². The molecule has 0 bridgehead atoms. The Labute approximate surface area is 122 Å². The Balaban J connectivity index is 2.41. The number of amides is 1. The number of fused-ring (bicyclic) bond motifs is 1. The first kappa shape index (κ1) is 15.2. The maximum atomic E-state index is 12.5. The summed E-state index contributed by atoms with van der Waals surface area (Å²) in [6, 6.07) is 0. The van der Waals surface area contributed by atoms with Crippen LogP contribution in [0.5, 0.6) is 0 Å². The number of nitrogens with zero attached hydrogens (tertiary/aromatic N) is 3. The second-order valence-corrected chi connectivity index (χ2v) is 4.95. The van der Waals surface area contributed by atoms with Gasteiger partial charge in [-0.2, -0.15) is 0 Å². The molecule has 2 heterocycles. The molecule has 0 radical (unpaired) electrons. The third-order valence-electron chi connectivity index (χ3n) is 3.35. The van der Waals surface area contributed by atoms with E-state index in [1.807, 2.05) is 0 Å². The lowest BCUT2D eigenvalue weighted by atomic mass is 10.1. The summed E-state index contributed by atoms with van der Waals surface area (Å²) in [6.07, 6.45) is 2.11. The van der Waals surface area contributed by atoms with Crippen LogP contribution in [0.25, 0.3) is 11.1 Å². The average molecular weight is 293 g/mol. The summed E-state index contributed by atoms with van der Waals surface area (Å²) in [7, 11) is 4.90. The fraction of sp³-hybridized carbons (Fsp3) is 0.500. The maximum absolute atomic E-state index is 12.5. The molecular formula is C14H19N3O4. The zero-order chi connectivity index (χ0) is 15.6. The SMILES string of the molecule is COCCCN(C)C(=O)c1c(C)oc2ncn(C)c(=O)c12. The highest BCUT2D eigenvalue weighted by molar-refractivity contribution is 6.06. The van der Waals surface area contributed by atoms with E-state index >= 15 is 0 Å². The Kier molecular flexibility index (Phi) is 4.42. The molecule has 2 rings (SSSR count). The first-order chi connectivity index (χ1) is 9.97. The molecule has 0 saturated heterocycles. The molecule has 7 heteroatoms. The van der Waals surface area contributed by atoms with Gasteiger partial charge in [0.15, 0.2) is 0 Å². The van der Waals surface area contributed by atoms with Gasteiger partial charge in [-0.1, -0.05) is 0 Å². The van der Waals surface area contributed by atoms with Crippen molar-refractivity contribution in [1.82, 2.24) is 14.5 Å². The van der Waals surface area contributed by atoms with Crippen molar-refractivity contribution in [2.24, 2.45) is 7.05 Å². The van der Waals surface area contributed by atoms with Crippen LogP contribution in [0, 0.1) is 6.92 Å². The number of hydrogen-bond donors (Lipinski definition) is 0. The van der Waals surface area contributed by atoms with Crippen LogP contribution in [0.15, 0.2) is 15.5 Å². The first-order valence-electron chi connectivity index (χ1n) is 6.66. The van der Waals surface area contributed by atoms with E-state index in [-0.39, 0.29) is 22.6 Å². The van der Waals surface area contributed by atoms with Gasteiger partial charge in [0, 0.05) is 34.4 Å². The third-order valence-corrected chi connectivity index (χ3v) is 3.35. The lowest BCUT2D eigenvalue weighted by Crippen LogP contribution is -2.30. The van der Waals surface area contributed by atoms with Gasteiger partial charge in [0.1, 0.15) is 17.5 Å². The third kappa shape index (κ3) is 2.82. The van der Waals surface area contributed by atoms with Gasteiger partial charge in [-0.25, -0.2) is 4.98 Å². The largest absolute Gasteiger partial charge is 0.442 e. The van der Waals surface area contributed by atoms with Crippen LogP contribution < -0.4 is 5.56 Å². The smallest absolute Gasteiger partial charge is 0.265 e. The van der Waals surface area contributed by atoms with E-state index in [1.165, 1.54) is 10.9 Å². The van der Waals surface area contributed by atoms with E-state index in [1.54, 1.807) is 33.0 Å². The van der Waals surface area contributed by atoms with Gasteiger partial charge in [-0.05, 0) is 13.3 Å². The van der Waals surface area contributed by atoms with Crippen molar-refractivity contribution >= 4 is 17.0 Å². The Morgan fingerprint density at radius 2 is 2.24 bits per heavy atom. The molecule has 7 nitrogen and oxygen atoms in total. The predicted octanol–water partition coefficient (Wildman–Crippen LogP) is 0.943. The number of aryl methyl sites for hydroxylation is 2. The minimum absolute atomic E-state index is 0.198. The van der Waals surface area contributed by atoms with Gasteiger partial charge < -0.3 is 18.6 Å². The van der Waals surface area contributed by atoms with Gasteiger partial charge in [-0.15, -0.1) is 0 Å². The Hall–Kier alpha value is -2.15. The summed E-state index contributed by atoms with van der Waals surface area (Å²) in [5.41, 5.74) is 0.202. The van der Waals surface area contributed by atoms with E-state index in [0.29, 0.717) is 24.5 Å². The molecule has 0 atom stereocenters. The molecule has 114 valence electrons. The molecule has 0 unspecified atom stereocenters. The second kappa shape index (κ2) is 6.09. The van der Waals surface area contributed by atoms with Crippen molar-refractivity contribution in [3.05, 3.63) is 28.0 Å². The van der Waals surface area contributed by atoms with Crippen LogP contribution in [0.1, 0.15) is 22.5 Å². The highest BCUT2D eigenvalue weighted by Crippen LogP contribution is 2.22. The van der Waals surface area contributed by atoms with Crippen molar-refractivity contribution in [2.45, 2.75) is 13.3 Å². The van der Waals surface area contributed by atoms with Gasteiger partial charge in [0.25, 0.3) is 11.5 Å². The van der Waals surface area contributed by atoms with Gasteiger partial charge in [0.2, 0.25) is 5.71 Å². The molecule has 0 aliphatic rings. The summed E-state index contributed by atoms with van der Waals surface area (Å²) < 4.78 is 11.7. The molecule has 1 amide bonds. The molecular weight excluding hydrogens is 274 g/mol. The minimum Gasteiger partial charge on any atom is -0.442 e. The van der Waals surface area contributed by atoms with E-state index in [0.717, 1.165) is 6.42 Å². The van der Waals surface area contributed by atoms with Crippen molar-refractivity contribution in [3.8, 4) is 0 Å². The Morgan fingerprint density at radius 3 is 2.90 bits per heavy atom. The minimum atomic E-state index is -0.287. The number of hydrogen-bond acceptors (Lipinski definition) is 5. The van der Waals surface area contributed by atoms with Crippen LogP contribution in [-0.2, 0) is 11.8 Å². The molecule has 0 saturated carbocycles. The first-order valence-corrected chi connectivity index (χ1v) is 6.66.